The van der Waals surface area contributed by atoms with E-state index in [1.807, 2.05) is 61.7 Å². The van der Waals surface area contributed by atoms with Gasteiger partial charge in [0.15, 0.2) is 0 Å². The van der Waals surface area contributed by atoms with Gasteiger partial charge in [-0.15, -0.1) is 0 Å². The second-order valence-electron chi connectivity index (χ2n) is 8.17. The summed E-state index contributed by atoms with van der Waals surface area (Å²) in [7, 11) is -3.87. The highest BCUT2D eigenvalue weighted by molar-refractivity contribution is 7.89. The number of nitrogens with two attached hydrogens (primary N) is 1. The normalized spacial score (nSPS) is 11.5. The molecule has 0 bridgehead atoms. The van der Waals surface area contributed by atoms with Crippen LogP contribution in [-0.4, -0.2) is 23.4 Å². The van der Waals surface area contributed by atoms with Crippen LogP contribution in [0.1, 0.15) is 11.3 Å². The highest BCUT2D eigenvalue weighted by atomic mass is 32.2. The Morgan fingerprint density at radius 1 is 0.857 bits per heavy atom. The molecule has 3 heterocycles. The van der Waals surface area contributed by atoms with Gasteiger partial charge < -0.3 is 4.90 Å². The van der Waals surface area contributed by atoms with Gasteiger partial charge in [0.2, 0.25) is 10.0 Å². The molecule has 0 saturated carbocycles. The molecule has 0 fully saturated rings. The number of hydrogen-bond donors (Lipinski definition) is 1. The fraction of sp³-hybridized carbons (Fsp3) is 0.0741. The molecule has 5 rings (SSSR count). The zero-order valence-electron chi connectivity index (χ0n) is 19.0. The molecular weight excluding hydrogens is 458 g/mol. The topological polar surface area (TPSA) is 102 Å². The summed E-state index contributed by atoms with van der Waals surface area (Å²) in [5.74, 6) is 0. The number of aromatic nitrogens is 3. The average Bonchev–Trinajstić information content (AvgIpc) is 2.88. The monoisotopic (exact) mass is 481 g/mol. The van der Waals surface area contributed by atoms with Gasteiger partial charge in [0.25, 0.3) is 0 Å². The molecule has 0 atom stereocenters. The molecule has 7 nitrogen and oxygen atoms in total. The number of rotatable bonds is 6. The van der Waals surface area contributed by atoms with Crippen molar-refractivity contribution in [2.75, 3.05) is 4.90 Å². The van der Waals surface area contributed by atoms with Gasteiger partial charge in [-0.1, -0.05) is 36.4 Å². The molecule has 2 aromatic carbocycles. The molecule has 8 heteroatoms. The van der Waals surface area contributed by atoms with Crippen molar-refractivity contribution in [3.05, 3.63) is 109 Å². The SMILES string of the molecule is Cc1c(-c2cncc(S(N)(=O)=O)c2)ncc2c(N(Cc3ccccn3)c3ccccc3)cccc12. The first kappa shape index (κ1) is 22.6. The van der Waals surface area contributed by atoms with Gasteiger partial charge in [-0.25, -0.2) is 13.6 Å². The molecule has 0 aliphatic rings. The number of nitrogens with zero attached hydrogens (tertiary/aromatic N) is 4. The predicted molar refractivity (Wildman–Crippen MR) is 138 cm³/mol. The maximum atomic E-state index is 11.8. The summed E-state index contributed by atoms with van der Waals surface area (Å²) in [6, 6.07) is 23.7. The van der Waals surface area contributed by atoms with Crippen molar-refractivity contribution in [3.63, 3.8) is 0 Å². The largest absolute Gasteiger partial charge is 0.335 e. The van der Waals surface area contributed by atoms with E-state index >= 15 is 0 Å². The first-order valence-corrected chi connectivity index (χ1v) is 12.6. The number of para-hydroxylation sites is 1. The number of aryl methyl sites for hydroxylation is 1. The summed E-state index contributed by atoms with van der Waals surface area (Å²) in [5, 5.41) is 7.29. The van der Waals surface area contributed by atoms with Crippen LogP contribution in [0.4, 0.5) is 11.4 Å². The summed E-state index contributed by atoms with van der Waals surface area (Å²) in [6.45, 7) is 2.56. The van der Waals surface area contributed by atoms with E-state index in [1.165, 1.54) is 12.3 Å². The first-order chi connectivity index (χ1) is 16.9. The lowest BCUT2D eigenvalue weighted by Gasteiger charge is -2.26. The van der Waals surface area contributed by atoms with Crippen molar-refractivity contribution < 1.29 is 8.42 Å². The first-order valence-electron chi connectivity index (χ1n) is 11.0. The van der Waals surface area contributed by atoms with E-state index in [2.05, 4.69) is 33.1 Å². The second kappa shape index (κ2) is 9.25. The highest BCUT2D eigenvalue weighted by Gasteiger charge is 2.18. The smallest absolute Gasteiger partial charge is 0.239 e. The Bertz CT molecular complexity index is 1610. The molecule has 0 unspecified atom stereocenters. The third-order valence-electron chi connectivity index (χ3n) is 5.89. The van der Waals surface area contributed by atoms with Crippen LogP contribution in [0.3, 0.4) is 0 Å². The van der Waals surface area contributed by atoms with Crippen molar-refractivity contribution in [2.24, 2.45) is 5.14 Å². The minimum Gasteiger partial charge on any atom is -0.335 e. The lowest BCUT2D eigenvalue weighted by Crippen LogP contribution is -2.17. The minimum absolute atomic E-state index is 0.0457. The van der Waals surface area contributed by atoms with Crippen molar-refractivity contribution in [1.82, 2.24) is 15.0 Å². The molecule has 3 aromatic heterocycles. The molecule has 2 N–H and O–H groups in total. The van der Waals surface area contributed by atoms with Crippen molar-refractivity contribution in [2.45, 2.75) is 18.4 Å². The number of benzene rings is 2. The Kier molecular flexibility index (Phi) is 5.98. The molecule has 35 heavy (non-hydrogen) atoms. The second-order valence-corrected chi connectivity index (χ2v) is 9.73. The summed E-state index contributed by atoms with van der Waals surface area (Å²) >= 11 is 0. The number of primary sulfonamides is 1. The Morgan fingerprint density at radius 2 is 1.66 bits per heavy atom. The van der Waals surface area contributed by atoms with Gasteiger partial charge in [-0.2, -0.15) is 0 Å². The van der Waals surface area contributed by atoms with Gasteiger partial charge in [0.05, 0.1) is 23.6 Å². The lowest BCUT2D eigenvalue weighted by molar-refractivity contribution is 0.597. The zero-order valence-corrected chi connectivity index (χ0v) is 19.9. The van der Waals surface area contributed by atoms with Gasteiger partial charge in [0, 0.05) is 41.4 Å². The lowest BCUT2D eigenvalue weighted by atomic mass is 10.0. The van der Waals surface area contributed by atoms with E-state index in [0.717, 1.165) is 33.4 Å². The van der Waals surface area contributed by atoms with E-state index in [0.29, 0.717) is 17.8 Å². The van der Waals surface area contributed by atoms with Crippen LogP contribution in [0.15, 0.2) is 102 Å². The van der Waals surface area contributed by atoms with Crippen molar-refractivity contribution in [3.8, 4) is 11.3 Å². The van der Waals surface area contributed by atoms with Crippen LogP contribution >= 0.6 is 0 Å². The van der Waals surface area contributed by atoms with Gasteiger partial charge in [-0.05, 0) is 54.3 Å². The summed E-state index contributed by atoms with van der Waals surface area (Å²) in [4.78, 5) is 15.5. The van der Waals surface area contributed by atoms with Gasteiger partial charge in [-0.3, -0.25) is 15.0 Å². The Balaban J connectivity index is 1.65. The highest BCUT2D eigenvalue weighted by Crippen LogP contribution is 2.36. The summed E-state index contributed by atoms with van der Waals surface area (Å²) in [6.07, 6.45) is 6.45. The van der Waals surface area contributed by atoms with Gasteiger partial charge in [0.1, 0.15) is 4.90 Å². The Morgan fingerprint density at radius 3 is 2.40 bits per heavy atom. The maximum absolute atomic E-state index is 11.8. The number of sulfonamides is 1. The van der Waals surface area contributed by atoms with Gasteiger partial charge >= 0.3 is 0 Å². The van der Waals surface area contributed by atoms with E-state index in [-0.39, 0.29) is 4.90 Å². The number of anilines is 2. The number of pyridine rings is 3. The zero-order chi connectivity index (χ0) is 24.4. The van der Waals surface area contributed by atoms with Crippen molar-refractivity contribution in [1.29, 1.82) is 0 Å². The molecular formula is C27H23N5O2S. The molecule has 0 spiro atoms. The van der Waals surface area contributed by atoms with Crippen molar-refractivity contribution >= 4 is 32.2 Å². The minimum atomic E-state index is -3.87. The molecule has 0 amide bonds. The standard InChI is InChI=1S/C27H23N5O2S/c1-19-24-11-7-12-26(32(22-9-3-2-4-10-22)18-21-8-5-6-13-30-21)25(24)17-31-27(19)20-14-23(16-29-15-20)35(28,33)34/h2-17H,18H2,1H3,(H2,28,33,34). The quantitative estimate of drug-likeness (QED) is 0.367. The number of fused-ring (bicyclic) bond motifs is 1. The average molecular weight is 482 g/mol. The third-order valence-corrected chi connectivity index (χ3v) is 6.77. The van der Waals surface area contributed by atoms with E-state index in [4.69, 9.17) is 10.1 Å². The Labute approximate surface area is 204 Å². The number of hydrogen-bond acceptors (Lipinski definition) is 6. The van der Waals surface area contributed by atoms with Crippen LogP contribution in [-0.2, 0) is 16.6 Å². The summed E-state index contributed by atoms with van der Waals surface area (Å²) in [5.41, 5.74) is 5.15. The predicted octanol–water partition coefficient (Wildman–Crippen LogP) is 4.99. The fourth-order valence-corrected chi connectivity index (χ4v) is 4.68. The Hall–Kier alpha value is -4.14. The van der Waals surface area contributed by atoms with E-state index < -0.39 is 10.0 Å². The van der Waals surface area contributed by atoms with Crippen LogP contribution in [0, 0.1) is 6.92 Å². The van der Waals surface area contributed by atoms with Crippen LogP contribution < -0.4 is 10.0 Å². The third kappa shape index (κ3) is 4.62. The fourth-order valence-electron chi connectivity index (χ4n) is 4.18. The van der Waals surface area contributed by atoms with Crippen LogP contribution in [0.2, 0.25) is 0 Å². The van der Waals surface area contributed by atoms with E-state index in [1.54, 1.807) is 12.4 Å². The molecule has 5 aromatic rings. The summed E-state index contributed by atoms with van der Waals surface area (Å²) < 4.78 is 23.6. The van der Waals surface area contributed by atoms with Crippen LogP contribution in [0.5, 0.6) is 0 Å². The molecule has 0 radical (unpaired) electrons. The molecule has 174 valence electrons. The molecule has 0 aliphatic heterocycles. The molecule has 0 aliphatic carbocycles. The van der Waals surface area contributed by atoms with Crippen LogP contribution in [0.25, 0.3) is 22.0 Å². The molecule has 0 saturated heterocycles. The van der Waals surface area contributed by atoms with E-state index in [9.17, 15) is 8.42 Å². The maximum Gasteiger partial charge on any atom is 0.239 e.